The van der Waals surface area contributed by atoms with Crippen LogP contribution in [0, 0.1) is 10.1 Å². The Morgan fingerprint density at radius 3 is 2.59 bits per heavy atom. The molecule has 3 N–H and O–H groups in total. The number of methoxy groups -OCH3 is 1. The molecular weight excluding hydrogens is 238 g/mol. The largest absolute Gasteiger partial charge is 0.500 e. The summed E-state index contributed by atoms with van der Waals surface area (Å²) in [6.45, 7) is -1.00. The summed E-state index contributed by atoms with van der Waals surface area (Å²) >= 11 is 0. The van der Waals surface area contributed by atoms with E-state index in [1.54, 1.807) is 0 Å². The Bertz CT molecular complexity index is 451. The van der Waals surface area contributed by atoms with Crippen molar-refractivity contribution in [3.8, 4) is 11.5 Å². The number of phenols is 1. The molecular formula is C9H10F2N2O4. The van der Waals surface area contributed by atoms with Crippen molar-refractivity contribution >= 4 is 5.69 Å². The molecule has 0 heterocycles. The van der Waals surface area contributed by atoms with E-state index in [4.69, 9.17) is 5.73 Å². The summed E-state index contributed by atoms with van der Waals surface area (Å²) in [5, 5.41) is 20.0. The van der Waals surface area contributed by atoms with Crippen LogP contribution in [0.25, 0.3) is 0 Å². The third-order valence-corrected chi connectivity index (χ3v) is 2.15. The molecule has 1 aromatic carbocycles. The van der Waals surface area contributed by atoms with Crippen LogP contribution in [0.4, 0.5) is 14.5 Å². The number of benzene rings is 1. The summed E-state index contributed by atoms with van der Waals surface area (Å²) in [5.41, 5.74) is 3.34. The van der Waals surface area contributed by atoms with Gasteiger partial charge in [-0.3, -0.25) is 10.1 Å². The van der Waals surface area contributed by atoms with Gasteiger partial charge in [-0.1, -0.05) is 0 Å². The summed E-state index contributed by atoms with van der Waals surface area (Å²) in [6.07, 6.45) is 0. The van der Waals surface area contributed by atoms with E-state index in [1.165, 1.54) is 0 Å². The fourth-order valence-corrected chi connectivity index (χ4v) is 1.22. The van der Waals surface area contributed by atoms with Gasteiger partial charge in [0, 0.05) is 11.6 Å². The number of nitro groups is 1. The Morgan fingerprint density at radius 2 is 2.18 bits per heavy atom. The van der Waals surface area contributed by atoms with E-state index in [-0.39, 0.29) is 0 Å². The molecule has 0 amide bonds. The smallest absolute Gasteiger partial charge is 0.315 e. The van der Waals surface area contributed by atoms with Crippen LogP contribution in [-0.4, -0.2) is 23.7 Å². The molecule has 1 rings (SSSR count). The monoisotopic (exact) mass is 248 g/mol. The second-order valence-corrected chi connectivity index (χ2v) is 3.21. The summed E-state index contributed by atoms with van der Waals surface area (Å²) in [6, 6.07) is 1.39. The molecule has 0 aliphatic heterocycles. The predicted octanol–water partition coefficient (Wildman–Crippen LogP) is 1.36. The van der Waals surface area contributed by atoms with Crippen LogP contribution in [0.3, 0.4) is 0 Å². The lowest BCUT2D eigenvalue weighted by Crippen LogP contribution is -2.25. The SMILES string of the molecule is COc1cc(C(F)(F)CN)cc([N+](=O)[O-])c1O. The molecule has 0 fully saturated rings. The van der Waals surface area contributed by atoms with Gasteiger partial charge in [-0.05, 0) is 6.07 Å². The number of rotatable bonds is 4. The molecule has 0 aliphatic rings. The van der Waals surface area contributed by atoms with E-state index < -0.39 is 40.1 Å². The van der Waals surface area contributed by atoms with E-state index >= 15 is 0 Å². The normalized spacial score (nSPS) is 11.3. The van der Waals surface area contributed by atoms with Crippen molar-refractivity contribution in [1.29, 1.82) is 0 Å². The second kappa shape index (κ2) is 4.50. The quantitative estimate of drug-likeness (QED) is 0.619. The first-order valence-electron chi connectivity index (χ1n) is 4.47. The van der Waals surface area contributed by atoms with Crippen molar-refractivity contribution in [2.45, 2.75) is 5.92 Å². The number of halogens is 2. The number of phenolic OH excluding ortho intramolecular Hbond substituents is 1. The van der Waals surface area contributed by atoms with E-state index in [0.717, 1.165) is 13.2 Å². The molecule has 0 saturated carbocycles. The number of nitrogens with two attached hydrogens (primary N) is 1. The molecule has 17 heavy (non-hydrogen) atoms. The molecule has 6 nitrogen and oxygen atoms in total. The second-order valence-electron chi connectivity index (χ2n) is 3.21. The Kier molecular flexibility index (Phi) is 3.47. The summed E-state index contributed by atoms with van der Waals surface area (Å²) < 4.78 is 31.2. The number of aromatic hydroxyl groups is 1. The Labute approximate surface area is 94.8 Å². The zero-order valence-corrected chi connectivity index (χ0v) is 8.81. The number of hydrogen-bond donors (Lipinski definition) is 2. The third kappa shape index (κ3) is 2.41. The molecule has 0 atom stereocenters. The van der Waals surface area contributed by atoms with E-state index in [0.29, 0.717) is 6.07 Å². The standard InChI is InChI=1S/C9H10F2N2O4/c1-17-7-3-5(9(10,11)4-12)2-6(8(7)14)13(15)16/h2-3,14H,4,12H2,1H3. The summed E-state index contributed by atoms with van der Waals surface area (Å²) in [5.74, 6) is -4.62. The first-order chi connectivity index (χ1) is 7.83. The lowest BCUT2D eigenvalue weighted by atomic mass is 10.1. The van der Waals surface area contributed by atoms with Gasteiger partial charge in [0.05, 0.1) is 18.6 Å². The van der Waals surface area contributed by atoms with Crippen LogP contribution in [0.1, 0.15) is 5.56 Å². The zero-order chi connectivity index (χ0) is 13.2. The van der Waals surface area contributed by atoms with Crippen LogP contribution in [0.2, 0.25) is 0 Å². The van der Waals surface area contributed by atoms with Gasteiger partial charge in [-0.15, -0.1) is 0 Å². The first kappa shape index (κ1) is 13.1. The number of ether oxygens (including phenoxy) is 1. The molecule has 1 aromatic rings. The van der Waals surface area contributed by atoms with Crippen molar-refractivity contribution in [3.63, 3.8) is 0 Å². The highest BCUT2D eigenvalue weighted by molar-refractivity contribution is 5.57. The van der Waals surface area contributed by atoms with E-state index in [9.17, 15) is 24.0 Å². The lowest BCUT2D eigenvalue weighted by molar-refractivity contribution is -0.386. The highest BCUT2D eigenvalue weighted by Gasteiger charge is 2.34. The maximum absolute atomic E-state index is 13.3. The maximum atomic E-state index is 13.3. The number of hydrogen-bond acceptors (Lipinski definition) is 5. The van der Waals surface area contributed by atoms with Crippen LogP contribution in [0.5, 0.6) is 11.5 Å². The molecule has 0 bridgehead atoms. The minimum Gasteiger partial charge on any atom is -0.500 e. The topological polar surface area (TPSA) is 98.6 Å². The minimum atomic E-state index is -3.42. The van der Waals surface area contributed by atoms with Crippen molar-refractivity contribution in [1.82, 2.24) is 0 Å². The van der Waals surface area contributed by atoms with Gasteiger partial charge in [-0.25, -0.2) is 0 Å². The predicted molar refractivity (Wildman–Crippen MR) is 54.3 cm³/mol. The first-order valence-corrected chi connectivity index (χ1v) is 4.47. The molecule has 0 aromatic heterocycles. The van der Waals surface area contributed by atoms with Gasteiger partial charge < -0.3 is 15.6 Å². The van der Waals surface area contributed by atoms with E-state index in [2.05, 4.69) is 4.74 Å². The fourth-order valence-electron chi connectivity index (χ4n) is 1.22. The summed E-state index contributed by atoms with van der Waals surface area (Å²) in [4.78, 5) is 9.59. The van der Waals surface area contributed by atoms with Crippen molar-refractivity contribution in [3.05, 3.63) is 27.8 Å². The van der Waals surface area contributed by atoms with Crippen molar-refractivity contribution < 1.29 is 23.5 Å². The molecule has 0 unspecified atom stereocenters. The van der Waals surface area contributed by atoms with Gasteiger partial charge >= 0.3 is 5.69 Å². The average Bonchev–Trinajstić information content (AvgIpc) is 2.28. The lowest BCUT2D eigenvalue weighted by Gasteiger charge is -2.15. The maximum Gasteiger partial charge on any atom is 0.315 e. The Morgan fingerprint density at radius 1 is 1.59 bits per heavy atom. The van der Waals surface area contributed by atoms with Gasteiger partial charge in [0.2, 0.25) is 5.75 Å². The van der Waals surface area contributed by atoms with Gasteiger partial charge in [0.25, 0.3) is 5.92 Å². The highest BCUT2D eigenvalue weighted by atomic mass is 19.3. The number of alkyl halides is 2. The molecule has 0 aliphatic carbocycles. The molecule has 8 heteroatoms. The van der Waals surface area contributed by atoms with Crippen LogP contribution >= 0.6 is 0 Å². The molecule has 0 spiro atoms. The zero-order valence-electron chi connectivity index (χ0n) is 8.81. The van der Waals surface area contributed by atoms with Crippen molar-refractivity contribution in [2.24, 2.45) is 5.73 Å². The summed E-state index contributed by atoms with van der Waals surface area (Å²) in [7, 11) is 1.10. The Hall–Kier alpha value is -1.96. The van der Waals surface area contributed by atoms with Gasteiger partial charge in [0.15, 0.2) is 5.75 Å². The molecule has 94 valence electrons. The van der Waals surface area contributed by atoms with Crippen molar-refractivity contribution in [2.75, 3.05) is 13.7 Å². The van der Waals surface area contributed by atoms with Gasteiger partial charge in [-0.2, -0.15) is 8.78 Å². The van der Waals surface area contributed by atoms with Crippen LogP contribution in [-0.2, 0) is 5.92 Å². The third-order valence-electron chi connectivity index (χ3n) is 2.15. The van der Waals surface area contributed by atoms with E-state index in [1.807, 2.05) is 0 Å². The minimum absolute atomic E-state index is 0.401. The van der Waals surface area contributed by atoms with Crippen LogP contribution in [0.15, 0.2) is 12.1 Å². The molecule has 0 radical (unpaired) electrons. The number of nitro benzene ring substituents is 1. The Balaban J connectivity index is 3.45. The molecule has 0 saturated heterocycles. The van der Waals surface area contributed by atoms with Crippen LogP contribution < -0.4 is 10.5 Å². The number of nitrogens with zero attached hydrogens (tertiary/aromatic N) is 1. The average molecular weight is 248 g/mol. The van der Waals surface area contributed by atoms with Gasteiger partial charge in [0.1, 0.15) is 0 Å². The fraction of sp³-hybridized carbons (Fsp3) is 0.333. The highest BCUT2D eigenvalue weighted by Crippen LogP contribution is 2.41.